The largest absolute Gasteiger partial charge is 0.542 e. The molecule has 218 valence electrons. The Balaban J connectivity index is 0.000000493. The first-order valence-corrected chi connectivity index (χ1v) is 14.9. The van der Waals surface area contributed by atoms with Crippen LogP contribution in [0.15, 0.2) is 75.7 Å². The van der Waals surface area contributed by atoms with E-state index in [2.05, 4.69) is 97.9 Å². The van der Waals surface area contributed by atoms with E-state index in [4.69, 9.17) is 14.6 Å². The third kappa shape index (κ3) is 7.16. The average molecular weight is 603 g/mol. The van der Waals surface area contributed by atoms with E-state index in [0.29, 0.717) is 0 Å². The molecule has 1 aliphatic carbocycles. The van der Waals surface area contributed by atoms with Crippen molar-refractivity contribution in [3.8, 4) is 5.75 Å². The summed E-state index contributed by atoms with van der Waals surface area (Å²) in [6, 6.07) is 15.1. The number of nitrogens with zero attached hydrogens (tertiary/aromatic N) is 2. The van der Waals surface area contributed by atoms with Crippen molar-refractivity contribution in [1.82, 2.24) is 0 Å². The summed E-state index contributed by atoms with van der Waals surface area (Å²) in [5.74, 6) is -2.10. The van der Waals surface area contributed by atoms with Crippen LogP contribution < -0.4 is 19.3 Å². The minimum Gasteiger partial charge on any atom is -0.542 e. The summed E-state index contributed by atoms with van der Waals surface area (Å²) >= 11 is 3.76. The van der Waals surface area contributed by atoms with Gasteiger partial charge in [-0.05, 0) is 67.5 Å². The quantitative estimate of drug-likeness (QED) is 0.291. The number of methoxy groups -OCH3 is 1. The van der Waals surface area contributed by atoms with Gasteiger partial charge in [-0.25, -0.2) is 0 Å². The number of allylic oxidation sites excluding steroid dienone is 4. The van der Waals surface area contributed by atoms with Crippen molar-refractivity contribution in [3.63, 3.8) is 0 Å². The molecule has 0 unspecified atom stereocenters. The van der Waals surface area contributed by atoms with Gasteiger partial charge in [0.2, 0.25) is 5.52 Å². The Morgan fingerprint density at radius 1 is 1.15 bits per heavy atom. The number of carboxylic acids is 1. The van der Waals surface area contributed by atoms with Crippen molar-refractivity contribution in [2.75, 3.05) is 18.6 Å². The first-order valence-electron chi connectivity index (χ1n) is 13.3. The molecule has 0 fully saturated rings. The van der Waals surface area contributed by atoms with E-state index in [1.165, 1.54) is 42.0 Å². The van der Waals surface area contributed by atoms with Crippen LogP contribution in [0.2, 0.25) is 0 Å². The van der Waals surface area contributed by atoms with E-state index in [1.54, 1.807) is 7.11 Å². The lowest BCUT2D eigenvalue weighted by Crippen LogP contribution is -2.37. The number of aliphatic carboxylic acids is 1. The van der Waals surface area contributed by atoms with E-state index in [9.17, 15) is 13.2 Å². The van der Waals surface area contributed by atoms with Crippen LogP contribution in [0.1, 0.15) is 45.5 Å². The zero-order chi connectivity index (χ0) is 29.9. The first-order chi connectivity index (χ1) is 19.3. The number of thioether (sulfide) groups is 1. The lowest BCUT2D eigenvalue weighted by atomic mass is 9.75. The highest BCUT2D eigenvalue weighted by molar-refractivity contribution is 8.03. The molecule has 2 aromatic carbocycles. The highest BCUT2D eigenvalue weighted by Crippen LogP contribution is 2.49. The van der Waals surface area contributed by atoms with Crippen molar-refractivity contribution in [3.05, 3.63) is 75.8 Å². The summed E-state index contributed by atoms with van der Waals surface area (Å²) in [4.78, 5) is 12.5. The molecule has 0 saturated heterocycles. The van der Waals surface area contributed by atoms with Crippen molar-refractivity contribution in [1.29, 1.82) is 0 Å². The maximum atomic E-state index is 10.5. The van der Waals surface area contributed by atoms with Crippen LogP contribution in [0.3, 0.4) is 0 Å². The Labute approximate surface area is 246 Å². The predicted molar refractivity (Wildman–Crippen MR) is 158 cm³/mol. The number of ether oxygens (including phenoxy) is 1. The number of hydrogen-bond acceptors (Lipinski definition) is 6. The van der Waals surface area contributed by atoms with Gasteiger partial charge in [-0.1, -0.05) is 55.2 Å². The SMILES string of the molecule is CCN1/C(=C/C2=CC(=C/c3sc4ccccc4[n+]3CC)/CC(C)(C)C2)Sc2ccc(OC)cc21.O=C([O-])C(F)(F)F. The second-order valence-electron chi connectivity index (χ2n) is 10.6. The summed E-state index contributed by atoms with van der Waals surface area (Å²) in [6.07, 6.45) is 4.26. The number of carbonyl (C=O) groups excluding carboxylic acids is 1. The zero-order valence-electron chi connectivity index (χ0n) is 23.7. The number of fused-ring (bicyclic) bond motifs is 2. The van der Waals surface area contributed by atoms with E-state index >= 15 is 0 Å². The molecule has 0 spiro atoms. The number of benzene rings is 2. The minimum atomic E-state index is -5.19. The third-order valence-corrected chi connectivity index (χ3v) is 9.02. The van der Waals surface area contributed by atoms with Crippen LogP contribution in [-0.4, -0.2) is 25.8 Å². The molecule has 0 bridgehead atoms. The summed E-state index contributed by atoms with van der Waals surface area (Å²) in [5, 5.41) is 11.4. The van der Waals surface area contributed by atoms with Crippen molar-refractivity contribution in [2.45, 2.75) is 58.2 Å². The van der Waals surface area contributed by atoms with Crippen molar-refractivity contribution in [2.24, 2.45) is 5.41 Å². The normalized spacial score (nSPS) is 18.2. The van der Waals surface area contributed by atoms with Gasteiger partial charge in [0.1, 0.15) is 23.0 Å². The number of thiazole rings is 1. The van der Waals surface area contributed by atoms with Gasteiger partial charge in [0.25, 0.3) is 5.01 Å². The Bertz CT molecular complexity index is 1540. The number of anilines is 1. The van der Waals surface area contributed by atoms with Gasteiger partial charge >= 0.3 is 6.18 Å². The summed E-state index contributed by atoms with van der Waals surface area (Å²) < 4.78 is 40.8. The van der Waals surface area contributed by atoms with Gasteiger partial charge in [0.05, 0.1) is 17.8 Å². The minimum absolute atomic E-state index is 0.233. The molecule has 1 aliphatic heterocycles. The summed E-state index contributed by atoms with van der Waals surface area (Å²) in [5.41, 5.74) is 5.64. The number of hydrogen-bond donors (Lipinski definition) is 0. The number of carbonyl (C=O) groups is 1. The molecule has 0 amide bonds. The van der Waals surface area contributed by atoms with E-state index in [-0.39, 0.29) is 5.41 Å². The summed E-state index contributed by atoms with van der Waals surface area (Å²) in [7, 11) is 1.73. The van der Waals surface area contributed by atoms with Crippen LogP contribution in [0.4, 0.5) is 18.9 Å². The lowest BCUT2D eigenvalue weighted by Gasteiger charge is -2.31. The smallest absolute Gasteiger partial charge is 0.430 e. The number of rotatable bonds is 5. The van der Waals surface area contributed by atoms with Crippen molar-refractivity contribution >= 4 is 51.0 Å². The van der Waals surface area contributed by atoms with Crippen LogP contribution in [0, 0.1) is 5.41 Å². The van der Waals surface area contributed by atoms with Crippen LogP contribution in [-0.2, 0) is 11.3 Å². The number of aromatic nitrogens is 1. The van der Waals surface area contributed by atoms with Gasteiger partial charge in [-0.2, -0.15) is 17.7 Å². The molecule has 0 radical (unpaired) electrons. The molecule has 0 N–H and O–H groups in total. The second kappa shape index (κ2) is 12.3. The number of para-hydroxylation sites is 1. The van der Waals surface area contributed by atoms with Gasteiger partial charge in [0, 0.05) is 29.6 Å². The molecular weight excluding hydrogens is 569 g/mol. The summed E-state index contributed by atoms with van der Waals surface area (Å²) in [6.45, 7) is 11.2. The molecule has 1 aromatic heterocycles. The first kappa shape index (κ1) is 30.7. The molecular formula is C31H33F3N2O3S2. The Hall–Kier alpha value is -3.24. The van der Waals surface area contributed by atoms with Crippen LogP contribution >= 0.6 is 23.1 Å². The van der Waals surface area contributed by atoms with E-state index < -0.39 is 12.1 Å². The molecule has 5 nitrogen and oxygen atoms in total. The molecule has 5 rings (SSSR count). The predicted octanol–water partition coefficient (Wildman–Crippen LogP) is 7.12. The Morgan fingerprint density at radius 3 is 2.49 bits per heavy atom. The molecule has 0 saturated carbocycles. The van der Waals surface area contributed by atoms with Gasteiger partial charge in [-0.15, -0.1) is 0 Å². The number of halogens is 3. The van der Waals surface area contributed by atoms with E-state index in [1.807, 2.05) is 23.1 Å². The number of carboxylic acid groups (broad SMARTS) is 1. The number of aryl methyl sites for hydroxylation is 1. The standard InChI is InChI=1S/C29H33N2OS2.C2HF3O2/c1-6-30-23-10-8-9-11-25(23)33-27(30)15-20-14-21(19-29(3,4)18-20)16-28-31(7-2)24-17-22(32-5)12-13-26(24)34-28;3-2(4,5)1(6)7/h8-17H,6-7,18-19H2,1-5H3;(H,6,7)/q+1;/p-1. The van der Waals surface area contributed by atoms with Gasteiger partial charge < -0.3 is 19.5 Å². The zero-order valence-corrected chi connectivity index (χ0v) is 25.3. The van der Waals surface area contributed by atoms with Crippen molar-refractivity contribution < 1.29 is 32.4 Å². The molecule has 41 heavy (non-hydrogen) atoms. The van der Waals surface area contributed by atoms with Crippen LogP contribution in [0.25, 0.3) is 16.3 Å². The average Bonchev–Trinajstić information content (AvgIpc) is 3.43. The van der Waals surface area contributed by atoms with E-state index in [0.717, 1.165) is 31.7 Å². The molecule has 3 aromatic rings. The fourth-order valence-electron chi connectivity index (χ4n) is 5.14. The lowest BCUT2D eigenvalue weighted by molar-refractivity contribution is -0.665. The second-order valence-corrected chi connectivity index (χ2v) is 12.7. The maximum Gasteiger partial charge on any atom is 0.430 e. The fraction of sp³-hybridized carbons (Fsp3) is 0.355. The highest BCUT2D eigenvalue weighted by atomic mass is 32.2. The maximum absolute atomic E-state index is 10.5. The van der Waals surface area contributed by atoms with Gasteiger partial charge in [-0.3, -0.25) is 0 Å². The Morgan fingerprint density at radius 2 is 1.85 bits per heavy atom. The molecule has 0 atom stereocenters. The van der Waals surface area contributed by atoms with Gasteiger partial charge in [0.15, 0.2) is 0 Å². The van der Waals surface area contributed by atoms with Crippen LogP contribution in [0.5, 0.6) is 5.75 Å². The Kier molecular flexibility index (Phi) is 9.23. The topological polar surface area (TPSA) is 56.5 Å². The molecule has 2 aliphatic rings. The fourth-order valence-corrected chi connectivity index (χ4v) is 7.52. The third-order valence-electron chi connectivity index (χ3n) is 6.79. The highest BCUT2D eigenvalue weighted by Gasteiger charge is 2.30. The monoisotopic (exact) mass is 602 g/mol. The number of alkyl halides is 3. The molecule has 10 heteroatoms. The molecule has 2 heterocycles.